The standard InChI is InChI=1S/C12H17N3O/c1-8(2)15-11-6-9(7-13-3)4-5-10(11)14-12(15)16/h4-6,8,13H,7H2,1-3H3,(H,14,16). The monoisotopic (exact) mass is 219 g/mol. The summed E-state index contributed by atoms with van der Waals surface area (Å²) in [5, 5.41) is 3.11. The highest BCUT2D eigenvalue weighted by Crippen LogP contribution is 2.16. The molecule has 1 heterocycles. The van der Waals surface area contributed by atoms with Crippen molar-refractivity contribution in [3.63, 3.8) is 0 Å². The van der Waals surface area contributed by atoms with E-state index in [0.29, 0.717) is 0 Å². The summed E-state index contributed by atoms with van der Waals surface area (Å²) in [6.45, 7) is 4.84. The second-order valence-corrected chi connectivity index (χ2v) is 4.28. The Morgan fingerprint density at radius 1 is 1.44 bits per heavy atom. The maximum absolute atomic E-state index is 11.7. The van der Waals surface area contributed by atoms with Gasteiger partial charge in [-0.1, -0.05) is 6.07 Å². The molecule has 0 fully saturated rings. The maximum Gasteiger partial charge on any atom is 0.326 e. The minimum absolute atomic E-state index is 0.0355. The number of hydrogen-bond acceptors (Lipinski definition) is 2. The zero-order valence-corrected chi connectivity index (χ0v) is 9.87. The summed E-state index contributed by atoms with van der Waals surface area (Å²) in [4.78, 5) is 14.6. The molecule has 2 rings (SSSR count). The van der Waals surface area contributed by atoms with E-state index in [9.17, 15) is 4.79 Å². The van der Waals surface area contributed by atoms with E-state index in [1.54, 1.807) is 4.57 Å². The van der Waals surface area contributed by atoms with Crippen LogP contribution >= 0.6 is 0 Å². The molecule has 0 bridgehead atoms. The number of aromatic amines is 1. The molecular formula is C12H17N3O. The van der Waals surface area contributed by atoms with Gasteiger partial charge in [0.25, 0.3) is 0 Å². The molecule has 0 saturated carbocycles. The Bertz CT molecular complexity index is 551. The van der Waals surface area contributed by atoms with Crippen LogP contribution in [0.4, 0.5) is 0 Å². The first kappa shape index (κ1) is 11.0. The van der Waals surface area contributed by atoms with Crippen LogP contribution in [0.3, 0.4) is 0 Å². The van der Waals surface area contributed by atoms with Crippen LogP contribution in [-0.2, 0) is 6.54 Å². The van der Waals surface area contributed by atoms with Gasteiger partial charge in [-0.2, -0.15) is 0 Å². The van der Waals surface area contributed by atoms with Crippen molar-refractivity contribution >= 4 is 11.0 Å². The number of rotatable bonds is 3. The van der Waals surface area contributed by atoms with E-state index in [-0.39, 0.29) is 11.7 Å². The average Bonchev–Trinajstić information content (AvgIpc) is 2.53. The Hall–Kier alpha value is -1.55. The predicted octanol–water partition coefficient (Wildman–Crippen LogP) is 1.63. The molecule has 0 aliphatic rings. The van der Waals surface area contributed by atoms with Gasteiger partial charge in [0.1, 0.15) is 0 Å². The topological polar surface area (TPSA) is 49.8 Å². The molecule has 0 aliphatic carbocycles. The Balaban J connectivity index is 2.65. The minimum Gasteiger partial charge on any atom is -0.316 e. The molecule has 0 amide bonds. The Kier molecular flexibility index (Phi) is 2.83. The summed E-state index contributed by atoms with van der Waals surface area (Å²) >= 11 is 0. The molecule has 4 heteroatoms. The minimum atomic E-state index is -0.0355. The molecule has 0 atom stereocenters. The van der Waals surface area contributed by atoms with E-state index < -0.39 is 0 Å². The molecule has 16 heavy (non-hydrogen) atoms. The summed E-state index contributed by atoms with van der Waals surface area (Å²) in [6, 6.07) is 6.22. The third kappa shape index (κ3) is 1.76. The lowest BCUT2D eigenvalue weighted by Gasteiger charge is -2.07. The third-order valence-corrected chi connectivity index (χ3v) is 2.68. The van der Waals surface area contributed by atoms with Gasteiger partial charge in [0.15, 0.2) is 0 Å². The second kappa shape index (κ2) is 4.14. The van der Waals surface area contributed by atoms with Gasteiger partial charge in [-0.25, -0.2) is 4.79 Å². The quantitative estimate of drug-likeness (QED) is 0.824. The van der Waals surface area contributed by atoms with Gasteiger partial charge in [-0.05, 0) is 38.6 Å². The lowest BCUT2D eigenvalue weighted by Crippen LogP contribution is -2.18. The van der Waals surface area contributed by atoms with E-state index in [2.05, 4.69) is 16.4 Å². The summed E-state index contributed by atoms with van der Waals surface area (Å²) in [5.41, 5.74) is 3.03. The lowest BCUT2D eigenvalue weighted by molar-refractivity contribution is 0.597. The number of benzene rings is 1. The van der Waals surface area contributed by atoms with Gasteiger partial charge in [-0.15, -0.1) is 0 Å². The van der Waals surface area contributed by atoms with Crippen molar-refractivity contribution in [1.82, 2.24) is 14.9 Å². The fourth-order valence-corrected chi connectivity index (χ4v) is 1.99. The maximum atomic E-state index is 11.7. The summed E-state index contributed by atoms with van der Waals surface area (Å²) in [7, 11) is 1.91. The van der Waals surface area contributed by atoms with Crippen LogP contribution in [0.15, 0.2) is 23.0 Å². The molecular weight excluding hydrogens is 202 g/mol. The fourth-order valence-electron chi connectivity index (χ4n) is 1.99. The van der Waals surface area contributed by atoms with Gasteiger partial charge < -0.3 is 10.3 Å². The van der Waals surface area contributed by atoms with Crippen molar-refractivity contribution in [3.05, 3.63) is 34.2 Å². The number of nitrogens with zero attached hydrogens (tertiary/aromatic N) is 1. The first-order valence-electron chi connectivity index (χ1n) is 5.51. The highest BCUT2D eigenvalue weighted by Gasteiger charge is 2.09. The Morgan fingerprint density at radius 3 is 2.81 bits per heavy atom. The van der Waals surface area contributed by atoms with Crippen molar-refractivity contribution in [2.45, 2.75) is 26.4 Å². The SMILES string of the molecule is CNCc1ccc2[nH]c(=O)n(C(C)C)c2c1. The highest BCUT2D eigenvalue weighted by atomic mass is 16.1. The molecule has 86 valence electrons. The molecule has 0 aliphatic heterocycles. The molecule has 2 N–H and O–H groups in total. The van der Waals surface area contributed by atoms with Crippen molar-refractivity contribution in [2.75, 3.05) is 7.05 Å². The van der Waals surface area contributed by atoms with Crippen molar-refractivity contribution in [3.8, 4) is 0 Å². The third-order valence-electron chi connectivity index (χ3n) is 2.68. The van der Waals surface area contributed by atoms with Crippen LogP contribution in [0.2, 0.25) is 0 Å². The first-order chi connectivity index (χ1) is 7.63. The number of nitrogens with one attached hydrogen (secondary N) is 2. The van der Waals surface area contributed by atoms with Gasteiger partial charge in [0.2, 0.25) is 0 Å². The lowest BCUT2D eigenvalue weighted by atomic mass is 10.2. The summed E-state index contributed by atoms with van der Waals surface area (Å²) in [6.07, 6.45) is 0. The molecule has 0 radical (unpaired) electrons. The van der Waals surface area contributed by atoms with Crippen LogP contribution in [0.1, 0.15) is 25.5 Å². The van der Waals surface area contributed by atoms with Crippen molar-refractivity contribution in [2.24, 2.45) is 0 Å². The fraction of sp³-hybridized carbons (Fsp3) is 0.417. The number of aromatic nitrogens is 2. The first-order valence-corrected chi connectivity index (χ1v) is 5.51. The smallest absolute Gasteiger partial charge is 0.316 e. The second-order valence-electron chi connectivity index (χ2n) is 4.28. The molecule has 4 nitrogen and oxygen atoms in total. The van der Waals surface area contributed by atoms with E-state index in [4.69, 9.17) is 0 Å². The van der Waals surface area contributed by atoms with E-state index >= 15 is 0 Å². The average molecular weight is 219 g/mol. The van der Waals surface area contributed by atoms with E-state index in [1.807, 2.05) is 33.0 Å². The molecule has 1 aromatic carbocycles. The summed E-state index contributed by atoms with van der Waals surface area (Å²) in [5.74, 6) is 0. The van der Waals surface area contributed by atoms with Crippen LogP contribution in [-0.4, -0.2) is 16.6 Å². The van der Waals surface area contributed by atoms with Gasteiger partial charge >= 0.3 is 5.69 Å². The Labute approximate surface area is 94.3 Å². The van der Waals surface area contributed by atoms with Crippen molar-refractivity contribution in [1.29, 1.82) is 0 Å². The largest absolute Gasteiger partial charge is 0.326 e. The van der Waals surface area contributed by atoms with E-state index in [1.165, 1.54) is 5.56 Å². The van der Waals surface area contributed by atoms with Gasteiger partial charge in [0.05, 0.1) is 11.0 Å². The Morgan fingerprint density at radius 2 is 2.19 bits per heavy atom. The van der Waals surface area contributed by atoms with Gasteiger partial charge in [0, 0.05) is 12.6 Å². The molecule has 0 saturated heterocycles. The normalized spacial score (nSPS) is 11.5. The molecule has 1 aromatic heterocycles. The van der Waals surface area contributed by atoms with Crippen LogP contribution in [0.25, 0.3) is 11.0 Å². The van der Waals surface area contributed by atoms with Crippen molar-refractivity contribution < 1.29 is 0 Å². The molecule has 2 aromatic rings. The number of fused-ring (bicyclic) bond motifs is 1. The van der Waals surface area contributed by atoms with E-state index in [0.717, 1.165) is 17.6 Å². The highest BCUT2D eigenvalue weighted by molar-refractivity contribution is 5.76. The molecule has 0 unspecified atom stereocenters. The van der Waals surface area contributed by atoms with Crippen LogP contribution in [0.5, 0.6) is 0 Å². The number of imidazole rings is 1. The number of hydrogen-bond donors (Lipinski definition) is 2. The summed E-state index contributed by atoms with van der Waals surface area (Å²) < 4.78 is 1.79. The van der Waals surface area contributed by atoms with Crippen LogP contribution in [0, 0.1) is 0 Å². The molecule has 0 spiro atoms. The number of H-pyrrole nitrogens is 1. The zero-order chi connectivity index (χ0) is 11.7. The zero-order valence-electron chi connectivity index (χ0n) is 9.87. The predicted molar refractivity (Wildman–Crippen MR) is 65.7 cm³/mol. The van der Waals surface area contributed by atoms with Crippen LogP contribution < -0.4 is 11.0 Å². The van der Waals surface area contributed by atoms with Gasteiger partial charge in [-0.3, -0.25) is 4.57 Å².